The average molecular weight is 114 g/mol. The smallest absolute Gasteiger partial charge is 0.0443 e. The van der Waals surface area contributed by atoms with Crippen LogP contribution in [0.3, 0.4) is 0 Å². The van der Waals surface area contributed by atoms with Gasteiger partial charge in [-0.1, -0.05) is 46.5 Å². The van der Waals surface area contributed by atoms with E-state index in [1.54, 1.807) is 0 Å². The van der Waals surface area contributed by atoms with Crippen molar-refractivity contribution < 1.29 is 0 Å². The second-order valence-electron chi connectivity index (χ2n) is 2.74. The van der Waals surface area contributed by atoms with E-state index in [0.717, 1.165) is 5.92 Å². The molecule has 0 saturated heterocycles. The highest BCUT2D eigenvalue weighted by Gasteiger charge is 2.05. The van der Waals surface area contributed by atoms with Crippen LogP contribution in [0.1, 0.15) is 46.5 Å². The van der Waals surface area contributed by atoms with E-state index in [-0.39, 0.29) is 7.43 Å². The Kier molecular flexibility index (Phi) is 3.94. The third-order valence-corrected chi connectivity index (χ3v) is 1.89. The summed E-state index contributed by atoms with van der Waals surface area (Å²) < 4.78 is 0. The van der Waals surface area contributed by atoms with Crippen LogP contribution in [0.4, 0.5) is 0 Å². The lowest BCUT2D eigenvalue weighted by Crippen LogP contribution is -1.99. The van der Waals surface area contributed by atoms with Crippen molar-refractivity contribution in [2.75, 3.05) is 0 Å². The predicted molar refractivity (Wildman–Crippen MR) is 39.0 cm³/mol. The molecule has 1 aliphatic rings. The average Bonchev–Trinajstić information content (AvgIpc) is 1.69. The lowest BCUT2D eigenvalue weighted by molar-refractivity contribution is 0.385. The zero-order valence-corrected chi connectivity index (χ0v) is 5.11. The SMILES string of the molecule is C.CC1CCCCC1. The number of rotatable bonds is 0. The lowest BCUT2D eigenvalue weighted by atomic mass is 9.91. The topological polar surface area (TPSA) is 0 Å². The zero-order valence-electron chi connectivity index (χ0n) is 5.11. The van der Waals surface area contributed by atoms with Crippen molar-refractivity contribution in [3.05, 3.63) is 0 Å². The number of hydrogen-bond donors (Lipinski definition) is 0. The van der Waals surface area contributed by atoms with Crippen LogP contribution in [0, 0.1) is 5.92 Å². The summed E-state index contributed by atoms with van der Waals surface area (Å²) in [6.07, 6.45) is 7.44. The van der Waals surface area contributed by atoms with Crippen molar-refractivity contribution in [2.45, 2.75) is 46.5 Å². The molecule has 1 fully saturated rings. The minimum absolute atomic E-state index is 0. The van der Waals surface area contributed by atoms with Crippen molar-refractivity contribution in [3.63, 3.8) is 0 Å². The first-order valence-electron chi connectivity index (χ1n) is 3.39. The molecule has 1 rings (SSSR count). The predicted octanol–water partition coefficient (Wildman–Crippen LogP) is 3.22. The first-order valence-corrected chi connectivity index (χ1v) is 3.39. The van der Waals surface area contributed by atoms with E-state index in [4.69, 9.17) is 0 Å². The first kappa shape index (κ1) is 8.00. The van der Waals surface area contributed by atoms with Crippen LogP contribution in [-0.2, 0) is 0 Å². The highest BCUT2D eigenvalue weighted by Crippen LogP contribution is 2.21. The molecule has 0 atom stereocenters. The second kappa shape index (κ2) is 3.94. The van der Waals surface area contributed by atoms with Gasteiger partial charge in [0, 0.05) is 0 Å². The van der Waals surface area contributed by atoms with E-state index in [9.17, 15) is 0 Å². The molecule has 0 spiro atoms. The molecular formula is C8H18. The van der Waals surface area contributed by atoms with Crippen LogP contribution in [0.2, 0.25) is 0 Å². The molecule has 50 valence electrons. The van der Waals surface area contributed by atoms with E-state index in [0.29, 0.717) is 0 Å². The Labute approximate surface area is 53.3 Å². The summed E-state index contributed by atoms with van der Waals surface area (Å²) in [5.41, 5.74) is 0. The molecule has 0 N–H and O–H groups in total. The van der Waals surface area contributed by atoms with Gasteiger partial charge in [-0.2, -0.15) is 0 Å². The van der Waals surface area contributed by atoms with E-state index in [1.165, 1.54) is 32.1 Å². The third kappa shape index (κ3) is 2.34. The Morgan fingerprint density at radius 3 is 1.75 bits per heavy atom. The monoisotopic (exact) mass is 114 g/mol. The summed E-state index contributed by atoms with van der Waals surface area (Å²) >= 11 is 0. The first-order chi connectivity index (χ1) is 3.39. The van der Waals surface area contributed by atoms with Gasteiger partial charge in [0.15, 0.2) is 0 Å². The quantitative estimate of drug-likeness (QED) is 0.453. The molecule has 0 nitrogen and oxygen atoms in total. The fourth-order valence-corrected chi connectivity index (χ4v) is 1.31. The molecule has 0 amide bonds. The van der Waals surface area contributed by atoms with E-state index in [2.05, 4.69) is 6.92 Å². The Balaban J connectivity index is 0.000000490. The van der Waals surface area contributed by atoms with Crippen LogP contribution in [0.25, 0.3) is 0 Å². The van der Waals surface area contributed by atoms with E-state index in [1.807, 2.05) is 0 Å². The summed E-state index contributed by atoms with van der Waals surface area (Å²) in [7, 11) is 0. The van der Waals surface area contributed by atoms with Gasteiger partial charge in [-0.25, -0.2) is 0 Å². The van der Waals surface area contributed by atoms with Gasteiger partial charge in [0.1, 0.15) is 0 Å². The molecule has 1 saturated carbocycles. The maximum atomic E-state index is 2.36. The summed E-state index contributed by atoms with van der Waals surface area (Å²) in [5, 5.41) is 0. The van der Waals surface area contributed by atoms with Crippen molar-refractivity contribution in [1.29, 1.82) is 0 Å². The molecule has 1 aliphatic carbocycles. The molecule has 0 radical (unpaired) electrons. The van der Waals surface area contributed by atoms with Gasteiger partial charge in [0.05, 0.1) is 0 Å². The third-order valence-electron chi connectivity index (χ3n) is 1.89. The van der Waals surface area contributed by atoms with Gasteiger partial charge in [-0.05, 0) is 5.92 Å². The molecule has 0 aliphatic heterocycles. The van der Waals surface area contributed by atoms with Gasteiger partial charge in [0.25, 0.3) is 0 Å². The van der Waals surface area contributed by atoms with Gasteiger partial charge < -0.3 is 0 Å². The van der Waals surface area contributed by atoms with Crippen LogP contribution in [0.5, 0.6) is 0 Å². The summed E-state index contributed by atoms with van der Waals surface area (Å²) in [4.78, 5) is 0. The standard InChI is InChI=1S/C7H14.CH4/c1-7-5-3-2-4-6-7;/h7H,2-6H2,1H3;1H4. The lowest BCUT2D eigenvalue weighted by Gasteiger charge is -2.15. The largest absolute Gasteiger partial charge is 0.0776 e. The second-order valence-corrected chi connectivity index (χ2v) is 2.74. The molecule has 0 heterocycles. The fourth-order valence-electron chi connectivity index (χ4n) is 1.31. The fraction of sp³-hybridized carbons (Fsp3) is 1.00. The van der Waals surface area contributed by atoms with Crippen molar-refractivity contribution in [2.24, 2.45) is 5.92 Å². The zero-order chi connectivity index (χ0) is 5.11. The summed E-state index contributed by atoms with van der Waals surface area (Å²) in [5.74, 6) is 1.04. The highest BCUT2D eigenvalue weighted by atomic mass is 14.1. The summed E-state index contributed by atoms with van der Waals surface area (Å²) in [6.45, 7) is 2.36. The van der Waals surface area contributed by atoms with E-state index < -0.39 is 0 Å². The molecule has 0 unspecified atom stereocenters. The normalized spacial score (nSPS) is 22.1. The molecule has 8 heavy (non-hydrogen) atoms. The Morgan fingerprint density at radius 2 is 1.50 bits per heavy atom. The Hall–Kier alpha value is 0. The molecule has 0 aromatic heterocycles. The van der Waals surface area contributed by atoms with Gasteiger partial charge >= 0.3 is 0 Å². The maximum Gasteiger partial charge on any atom is -0.0443 e. The maximum absolute atomic E-state index is 2.36. The van der Waals surface area contributed by atoms with E-state index >= 15 is 0 Å². The minimum Gasteiger partial charge on any atom is -0.0776 e. The molecule has 0 bridgehead atoms. The Morgan fingerprint density at radius 1 is 1.00 bits per heavy atom. The Bertz CT molecular complexity index is 42.0. The van der Waals surface area contributed by atoms with Crippen LogP contribution in [0.15, 0.2) is 0 Å². The van der Waals surface area contributed by atoms with Crippen LogP contribution < -0.4 is 0 Å². The summed E-state index contributed by atoms with van der Waals surface area (Å²) in [6, 6.07) is 0. The highest BCUT2D eigenvalue weighted by molar-refractivity contribution is 4.59. The van der Waals surface area contributed by atoms with Crippen LogP contribution >= 0.6 is 0 Å². The van der Waals surface area contributed by atoms with Crippen LogP contribution in [-0.4, -0.2) is 0 Å². The van der Waals surface area contributed by atoms with Gasteiger partial charge in [-0.15, -0.1) is 0 Å². The van der Waals surface area contributed by atoms with Gasteiger partial charge in [0.2, 0.25) is 0 Å². The van der Waals surface area contributed by atoms with Crippen molar-refractivity contribution >= 4 is 0 Å². The molecular weight excluding hydrogens is 96.1 g/mol. The molecule has 0 heteroatoms. The molecule has 0 aromatic rings. The van der Waals surface area contributed by atoms with Crippen molar-refractivity contribution in [1.82, 2.24) is 0 Å². The molecule has 0 aromatic carbocycles. The van der Waals surface area contributed by atoms with Crippen molar-refractivity contribution in [3.8, 4) is 0 Å². The minimum atomic E-state index is 0. The van der Waals surface area contributed by atoms with Gasteiger partial charge in [-0.3, -0.25) is 0 Å². The number of hydrogen-bond acceptors (Lipinski definition) is 0.